The number of hydrogen-bond acceptors (Lipinski definition) is 5. The zero-order chi connectivity index (χ0) is 17.8. The van der Waals surface area contributed by atoms with E-state index in [9.17, 15) is 9.90 Å². The van der Waals surface area contributed by atoms with Gasteiger partial charge in [0.25, 0.3) is 5.91 Å². The van der Waals surface area contributed by atoms with Gasteiger partial charge in [0.05, 0.1) is 5.69 Å². The lowest BCUT2D eigenvalue weighted by Gasteiger charge is -2.07. The maximum absolute atomic E-state index is 12.0. The average molecular weight is 375 g/mol. The molecule has 7 heteroatoms. The molecule has 0 aliphatic heterocycles. The number of carbonyl (C=O) groups is 1. The van der Waals surface area contributed by atoms with E-state index in [-0.39, 0.29) is 24.0 Å². The van der Waals surface area contributed by atoms with Gasteiger partial charge in [-0.15, -0.1) is 11.3 Å². The van der Waals surface area contributed by atoms with Crippen molar-refractivity contribution in [2.75, 3.05) is 11.9 Å². The third-order valence-electron chi connectivity index (χ3n) is 3.38. The zero-order valence-corrected chi connectivity index (χ0v) is 14.9. The second-order valence-electron chi connectivity index (χ2n) is 5.24. The average Bonchev–Trinajstić information content (AvgIpc) is 2.95. The summed E-state index contributed by atoms with van der Waals surface area (Å²) in [7, 11) is 0. The fourth-order valence-electron chi connectivity index (χ4n) is 2.20. The molecular formula is C18H15ClN2O3S. The highest BCUT2D eigenvalue weighted by atomic mass is 35.5. The highest BCUT2D eigenvalue weighted by molar-refractivity contribution is 7.16. The van der Waals surface area contributed by atoms with Crippen molar-refractivity contribution >= 4 is 34.0 Å². The number of ether oxygens (including phenoxy) is 1. The van der Waals surface area contributed by atoms with E-state index in [1.54, 1.807) is 30.3 Å². The van der Waals surface area contributed by atoms with Gasteiger partial charge in [0.15, 0.2) is 23.2 Å². The molecule has 0 bridgehead atoms. The Morgan fingerprint density at radius 1 is 1.24 bits per heavy atom. The van der Waals surface area contributed by atoms with Crippen molar-refractivity contribution in [1.29, 1.82) is 0 Å². The third-order valence-corrected chi connectivity index (χ3v) is 4.52. The number of phenols is 1. The van der Waals surface area contributed by atoms with Crippen LogP contribution >= 0.6 is 22.9 Å². The van der Waals surface area contributed by atoms with Crippen LogP contribution in [0.5, 0.6) is 11.5 Å². The summed E-state index contributed by atoms with van der Waals surface area (Å²) in [6.07, 6.45) is 0. The number of anilines is 1. The maximum Gasteiger partial charge on any atom is 0.264 e. The summed E-state index contributed by atoms with van der Waals surface area (Å²) in [6, 6.07) is 13.9. The number of benzene rings is 2. The molecule has 0 spiro atoms. The maximum atomic E-state index is 12.0. The molecule has 0 unspecified atom stereocenters. The molecule has 3 aromatic rings. The van der Waals surface area contributed by atoms with Crippen LogP contribution in [0.1, 0.15) is 4.88 Å². The number of nitrogens with one attached hydrogen (secondary N) is 1. The minimum atomic E-state index is -0.348. The van der Waals surface area contributed by atoms with E-state index in [0.29, 0.717) is 10.2 Å². The van der Waals surface area contributed by atoms with Crippen molar-refractivity contribution in [2.45, 2.75) is 6.92 Å². The topological polar surface area (TPSA) is 71.5 Å². The first kappa shape index (κ1) is 17.3. The third kappa shape index (κ3) is 4.29. The molecule has 0 saturated carbocycles. The fraction of sp³-hybridized carbons (Fsp3) is 0.111. The number of halogens is 1. The molecule has 0 saturated heterocycles. The van der Waals surface area contributed by atoms with Gasteiger partial charge >= 0.3 is 0 Å². The number of rotatable bonds is 5. The van der Waals surface area contributed by atoms with Gasteiger partial charge in [0.1, 0.15) is 0 Å². The fourth-order valence-corrected chi connectivity index (χ4v) is 3.18. The summed E-state index contributed by atoms with van der Waals surface area (Å²) in [5.41, 5.74) is 1.74. The molecule has 0 fully saturated rings. The predicted octanol–water partition coefficient (Wildman–Crippen LogP) is 4.50. The molecule has 2 aromatic carbocycles. The Morgan fingerprint density at radius 2 is 1.96 bits per heavy atom. The summed E-state index contributed by atoms with van der Waals surface area (Å²) >= 11 is 7.29. The Hall–Kier alpha value is -2.57. The minimum Gasteiger partial charge on any atom is -0.504 e. The van der Waals surface area contributed by atoms with Gasteiger partial charge in [-0.1, -0.05) is 35.9 Å². The molecule has 0 atom stereocenters. The van der Waals surface area contributed by atoms with E-state index in [0.717, 1.165) is 16.1 Å². The molecular weight excluding hydrogens is 360 g/mol. The lowest BCUT2D eigenvalue weighted by molar-refractivity contribution is -0.118. The largest absolute Gasteiger partial charge is 0.504 e. The Kier molecular flexibility index (Phi) is 5.21. The van der Waals surface area contributed by atoms with E-state index in [1.807, 2.05) is 19.1 Å². The van der Waals surface area contributed by atoms with Gasteiger partial charge in [0.2, 0.25) is 0 Å². The number of phenolic OH excluding ortho intramolecular Hbond substituents is 1. The van der Waals surface area contributed by atoms with E-state index in [2.05, 4.69) is 10.3 Å². The Bertz CT molecular complexity index is 894. The Labute approximate surface area is 153 Å². The molecule has 25 heavy (non-hydrogen) atoms. The number of hydrogen-bond donors (Lipinski definition) is 2. The lowest BCUT2D eigenvalue weighted by Crippen LogP contribution is -2.20. The Balaban J connectivity index is 1.65. The van der Waals surface area contributed by atoms with Crippen molar-refractivity contribution < 1.29 is 14.6 Å². The number of carbonyl (C=O) groups excluding carboxylic acids is 1. The summed E-state index contributed by atoms with van der Waals surface area (Å²) in [4.78, 5) is 17.5. The van der Waals surface area contributed by atoms with Crippen LogP contribution in [0.15, 0.2) is 48.5 Å². The molecule has 0 aliphatic rings. The van der Waals surface area contributed by atoms with Crippen LogP contribution in [-0.2, 0) is 4.79 Å². The van der Waals surface area contributed by atoms with Crippen molar-refractivity contribution in [3.8, 4) is 22.8 Å². The number of aromatic nitrogens is 1. The number of amides is 1. The summed E-state index contributed by atoms with van der Waals surface area (Å²) in [5, 5.41) is 13.5. The first-order valence-electron chi connectivity index (χ1n) is 7.47. The van der Waals surface area contributed by atoms with Gasteiger partial charge in [0, 0.05) is 15.5 Å². The van der Waals surface area contributed by atoms with E-state index in [4.69, 9.17) is 16.3 Å². The second kappa shape index (κ2) is 7.55. The first-order valence-corrected chi connectivity index (χ1v) is 8.66. The molecule has 2 N–H and O–H groups in total. The summed E-state index contributed by atoms with van der Waals surface area (Å²) in [5.74, 6) is -0.0973. The molecule has 0 radical (unpaired) electrons. The molecule has 1 heterocycles. The van der Waals surface area contributed by atoms with Gasteiger partial charge in [-0.2, -0.15) is 0 Å². The van der Waals surface area contributed by atoms with Crippen molar-refractivity contribution in [3.05, 3.63) is 58.4 Å². The Morgan fingerprint density at radius 3 is 2.68 bits per heavy atom. The monoisotopic (exact) mass is 374 g/mol. The van der Waals surface area contributed by atoms with Crippen LogP contribution in [0.2, 0.25) is 5.02 Å². The normalized spacial score (nSPS) is 10.5. The minimum absolute atomic E-state index is 0.00887. The number of aromatic hydroxyl groups is 1. The van der Waals surface area contributed by atoms with Gasteiger partial charge in [-0.3, -0.25) is 10.1 Å². The second-order valence-corrected chi connectivity index (χ2v) is 6.87. The van der Waals surface area contributed by atoms with Gasteiger partial charge in [-0.25, -0.2) is 4.98 Å². The first-order chi connectivity index (χ1) is 12.0. The lowest BCUT2D eigenvalue weighted by atomic mass is 10.1. The number of thiazole rings is 1. The van der Waals surface area contributed by atoms with Gasteiger partial charge in [-0.05, 0) is 31.2 Å². The number of nitrogens with zero attached hydrogens (tertiary/aromatic N) is 1. The smallest absolute Gasteiger partial charge is 0.264 e. The molecule has 1 aromatic heterocycles. The van der Waals surface area contributed by atoms with Crippen molar-refractivity contribution in [2.24, 2.45) is 0 Å². The number of aryl methyl sites for hydroxylation is 1. The van der Waals surface area contributed by atoms with Crippen LogP contribution in [0.3, 0.4) is 0 Å². The van der Waals surface area contributed by atoms with Crippen molar-refractivity contribution in [1.82, 2.24) is 4.98 Å². The van der Waals surface area contributed by atoms with E-state index >= 15 is 0 Å². The standard InChI is InChI=1S/C18H15ClN2O3S/c1-11-17(12-6-8-13(19)9-7-12)21-18(25-11)20-16(23)10-24-15-5-3-2-4-14(15)22/h2-9,22H,10H2,1H3,(H,20,21,23). The highest BCUT2D eigenvalue weighted by Crippen LogP contribution is 2.31. The molecule has 128 valence electrons. The van der Waals surface area contributed by atoms with Crippen LogP contribution in [0.25, 0.3) is 11.3 Å². The summed E-state index contributed by atoms with van der Waals surface area (Å²) < 4.78 is 5.31. The molecule has 3 rings (SSSR count). The predicted molar refractivity (Wildman–Crippen MR) is 99.5 cm³/mol. The molecule has 5 nitrogen and oxygen atoms in total. The SMILES string of the molecule is Cc1sc(NC(=O)COc2ccccc2O)nc1-c1ccc(Cl)cc1. The molecule has 1 amide bonds. The van der Waals surface area contributed by atoms with Crippen LogP contribution < -0.4 is 10.1 Å². The number of para-hydroxylation sites is 2. The van der Waals surface area contributed by atoms with Crippen LogP contribution in [-0.4, -0.2) is 22.6 Å². The van der Waals surface area contributed by atoms with Gasteiger partial charge < -0.3 is 9.84 Å². The summed E-state index contributed by atoms with van der Waals surface area (Å²) in [6.45, 7) is 1.72. The van der Waals surface area contributed by atoms with E-state index < -0.39 is 0 Å². The zero-order valence-electron chi connectivity index (χ0n) is 13.3. The quantitative estimate of drug-likeness (QED) is 0.690. The van der Waals surface area contributed by atoms with Crippen LogP contribution in [0, 0.1) is 6.92 Å². The van der Waals surface area contributed by atoms with Crippen LogP contribution in [0.4, 0.5) is 5.13 Å². The molecule has 0 aliphatic carbocycles. The van der Waals surface area contributed by atoms with Crippen molar-refractivity contribution in [3.63, 3.8) is 0 Å². The highest BCUT2D eigenvalue weighted by Gasteiger charge is 2.13. The van der Waals surface area contributed by atoms with E-state index in [1.165, 1.54) is 17.4 Å².